The van der Waals surface area contributed by atoms with Crippen molar-refractivity contribution >= 4 is 16.8 Å². The molecule has 2 aromatic heterocycles. The topological polar surface area (TPSA) is 96.0 Å². The zero-order valence-electron chi connectivity index (χ0n) is 10.7. The first kappa shape index (κ1) is 12.2. The third kappa shape index (κ3) is 1.89. The van der Waals surface area contributed by atoms with Gasteiger partial charge in [0.05, 0.1) is 5.69 Å². The largest absolute Gasteiger partial charge is 0.439 e. The van der Waals surface area contributed by atoms with Gasteiger partial charge in [-0.1, -0.05) is 6.07 Å². The maximum Gasteiger partial charge on any atom is 0.316 e. The fraction of sp³-hybridized carbons (Fsp3) is 0.154. The van der Waals surface area contributed by atoms with Gasteiger partial charge in [0, 0.05) is 19.4 Å². The summed E-state index contributed by atoms with van der Waals surface area (Å²) in [5.41, 5.74) is 6.19. The Morgan fingerprint density at radius 1 is 1.25 bits per heavy atom. The van der Waals surface area contributed by atoms with Crippen LogP contribution >= 0.6 is 0 Å². The van der Waals surface area contributed by atoms with Gasteiger partial charge in [-0.05, 0) is 12.1 Å². The molecule has 0 saturated heterocycles. The molecule has 7 heteroatoms. The van der Waals surface area contributed by atoms with Crippen LogP contribution in [0, 0.1) is 0 Å². The molecule has 1 aromatic carbocycles. The van der Waals surface area contributed by atoms with Crippen molar-refractivity contribution in [3.63, 3.8) is 0 Å². The molecule has 0 radical (unpaired) electrons. The van der Waals surface area contributed by atoms with Crippen LogP contribution in [0.5, 0.6) is 0 Å². The van der Waals surface area contributed by atoms with Crippen LogP contribution in [-0.4, -0.2) is 14.1 Å². The van der Waals surface area contributed by atoms with E-state index in [-0.39, 0.29) is 6.54 Å². The van der Waals surface area contributed by atoms with Gasteiger partial charge in [-0.25, -0.2) is 4.98 Å². The molecule has 20 heavy (non-hydrogen) atoms. The molecule has 0 atom stereocenters. The van der Waals surface area contributed by atoms with Crippen molar-refractivity contribution in [2.75, 3.05) is 5.73 Å². The number of hydrogen-bond acceptors (Lipinski definition) is 5. The van der Waals surface area contributed by atoms with Crippen molar-refractivity contribution in [1.82, 2.24) is 14.1 Å². The standard InChI is InChI=1S/C13H12N4O3/c1-16-5-6-17(13(19)12(16)18)7-10-15-11-8(14)3-2-4-9(11)20-10/h2-6H,7,14H2,1H3. The van der Waals surface area contributed by atoms with E-state index < -0.39 is 11.1 Å². The molecule has 2 N–H and O–H groups in total. The van der Waals surface area contributed by atoms with Crippen LogP contribution in [0.3, 0.4) is 0 Å². The van der Waals surface area contributed by atoms with Gasteiger partial charge in [0.2, 0.25) is 5.89 Å². The van der Waals surface area contributed by atoms with E-state index >= 15 is 0 Å². The number of rotatable bonds is 2. The monoisotopic (exact) mass is 272 g/mol. The zero-order valence-corrected chi connectivity index (χ0v) is 10.7. The minimum atomic E-state index is -0.620. The van der Waals surface area contributed by atoms with E-state index in [0.717, 1.165) is 0 Å². The molecular formula is C13H12N4O3. The number of aryl methyl sites for hydroxylation is 1. The van der Waals surface area contributed by atoms with Crippen LogP contribution in [0.15, 0.2) is 44.6 Å². The molecule has 0 spiro atoms. The minimum Gasteiger partial charge on any atom is -0.439 e. The van der Waals surface area contributed by atoms with E-state index in [1.54, 1.807) is 18.2 Å². The summed E-state index contributed by atoms with van der Waals surface area (Å²) < 4.78 is 8.00. The van der Waals surface area contributed by atoms with E-state index in [1.807, 2.05) is 0 Å². The maximum atomic E-state index is 11.8. The van der Waals surface area contributed by atoms with Crippen LogP contribution in [0.2, 0.25) is 0 Å². The Bertz CT molecular complexity index is 904. The highest BCUT2D eigenvalue weighted by Gasteiger charge is 2.10. The van der Waals surface area contributed by atoms with Gasteiger partial charge < -0.3 is 19.3 Å². The number of oxazole rings is 1. The number of nitrogens with zero attached hydrogens (tertiary/aromatic N) is 3. The Kier molecular flexibility index (Phi) is 2.67. The third-order valence-electron chi connectivity index (χ3n) is 3.03. The molecule has 0 aliphatic rings. The molecule has 0 unspecified atom stereocenters. The van der Waals surface area contributed by atoms with Crippen molar-refractivity contribution in [2.45, 2.75) is 6.54 Å². The zero-order chi connectivity index (χ0) is 14.3. The Morgan fingerprint density at radius 2 is 2.05 bits per heavy atom. The Hall–Kier alpha value is -2.83. The summed E-state index contributed by atoms with van der Waals surface area (Å²) in [6.45, 7) is 0.0863. The fourth-order valence-electron chi connectivity index (χ4n) is 1.94. The fourth-order valence-corrected chi connectivity index (χ4v) is 1.94. The van der Waals surface area contributed by atoms with Gasteiger partial charge in [0.15, 0.2) is 5.58 Å². The lowest BCUT2D eigenvalue weighted by Crippen LogP contribution is -2.39. The molecule has 0 amide bonds. The maximum absolute atomic E-state index is 11.8. The summed E-state index contributed by atoms with van der Waals surface area (Å²) in [7, 11) is 1.52. The minimum absolute atomic E-state index is 0.0863. The molecule has 7 nitrogen and oxygen atoms in total. The quantitative estimate of drug-likeness (QED) is 0.535. The smallest absolute Gasteiger partial charge is 0.316 e. The van der Waals surface area contributed by atoms with Gasteiger partial charge in [-0.15, -0.1) is 0 Å². The normalized spacial score (nSPS) is 11.1. The molecule has 0 saturated carbocycles. The van der Waals surface area contributed by atoms with Crippen molar-refractivity contribution in [3.8, 4) is 0 Å². The highest BCUT2D eigenvalue weighted by atomic mass is 16.3. The number of aromatic nitrogens is 3. The number of para-hydroxylation sites is 1. The van der Waals surface area contributed by atoms with Crippen LogP contribution in [0.25, 0.3) is 11.1 Å². The third-order valence-corrected chi connectivity index (χ3v) is 3.03. The van der Waals surface area contributed by atoms with Gasteiger partial charge in [-0.3, -0.25) is 9.59 Å². The van der Waals surface area contributed by atoms with Gasteiger partial charge in [-0.2, -0.15) is 0 Å². The number of fused-ring (bicyclic) bond motifs is 1. The van der Waals surface area contributed by atoms with Crippen LogP contribution in [-0.2, 0) is 13.6 Å². The van der Waals surface area contributed by atoms with Crippen LogP contribution in [0.4, 0.5) is 5.69 Å². The van der Waals surface area contributed by atoms with Crippen LogP contribution in [0.1, 0.15) is 5.89 Å². The average molecular weight is 272 g/mol. The van der Waals surface area contributed by atoms with Crippen LogP contribution < -0.4 is 16.9 Å². The first-order chi connectivity index (χ1) is 9.56. The van der Waals surface area contributed by atoms with Gasteiger partial charge >= 0.3 is 11.1 Å². The lowest BCUT2D eigenvalue weighted by atomic mass is 10.3. The molecule has 0 bridgehead atoms. The van der Waals surface area contributed by atoms with E-state index in [9.17, 15) is 9.59 Å². The van der Waals surface area contributed by atoms with Crippen molar-refractivity contribution in [3.05, 3.63) is 57.2 Å². The van der Waals surface area contributed by atoms with Crippen molar-refractivity contribution in [1.29, 1.82) is 0 Å². The summed E-state index contributed by atoms with van der Waals surface area (Å²) in [6.07, 6.45) is 3.03. The molecule has 0 aliphatic heterocycles. The second-order valence-corrected chi connectivity index (χ2v) is 4.45. The summed E-state index contributed by atoms with van der Waals surface area (Å²) in [4.78, 5) is 27.6. The molecular weight excluding hydrogens is 260 g/mol. The summed E-state index contributed by atoms with van der Waals surface area (Å²) >= 11 is 0. The van der Waals surface area contributed by atoms with E-state index in [4.69, 9.17) is 10.2 Å². The lowest BCUT2D eigenvalue weighted by molar-refractivity contribution is 0.500. The molecule has 0 fully saturated rings. The summed E-state index contributed by atoms with van der Waals surface area (Å²) in [5.74, 6) is 0.327. The Morgan fingerprint density at radius 3 is 2.80 bits per heavy atom. The molecule has 0 aliphatic carbocycles. The van der Waals surface area contributed by atoms with E-state index in [0.29, 0.717) is 22.7 Å². The van der Waals surface area contributed by atoms with Crippen molar-refractivity contribution in [2.24, 2.45) is 7.05 Å². The molecule has 2 heterocycles. The van der Waals surface area contributed by atoms with Gasteiger partial charge in [0.25, 0.3) is 0 Å². The highest BCUT2D eigenvalue weighted by molar-refractivity contribution is 5.85. The Balaban J connectivity index is 2.06. The molecule has 3 aromatic rings. The van der Waals surface area contributed by atoms with Crippen molar-refractivity contribution < 1.29 is 4.42 Å². The number of nitrogens with two attached hydrogens (primary N) is 1. The predicted octanol–water partition coefficient (Wildman–Crippen LogP) is 0.319. The second kappa shape index (κ2) is 4.37. The lowest BCUT2D eigenvalue weighted by Gasteiger charge is -2.02. The first-order valence-electron chi connectivity index (χ1n) is 5.96. The number of hydrogen-bond donors (Lipinski definition) is 1. The first-order valence-corrected chi connectivity index (χ1v) is 5.96. The van der Waals surface area contributed by atoms with E-state index in [1.165, 1.54) is 28.6 Å². The number of anilines is 1. The van der Waals surface area contributed by atoms with E-state index in [2.05, 4.69) is 4.98 Å². The second-order valence-electron chi connectivity index (χ2n) is 4.45. The van der Waals surface area contributed by atoms with Gasteiger partial charge in [0.1, 0.15) is 12.1 Å². The average Bonchev–Trinajstić information content (AvgIpc) is 2.84. The SMILES string of the molecule is Cn1ccn(Cc2nc3c(N)cccc3o2)c(=O)c1=O. The number of nitrogen functional groups attached to an aromatic ring is 1. The molecule has 3 rings (SSSR count). The number of benzene rings is 1. The Labute approximate surface area is 112 Å². The molecule has 102 valence electrons. The highest BCUT2D eigenvalue weighted by Crippen LogP contribution is 2.21. The predicted molar refractivity (Wildman–Crippen MR) is 73.5 cm³/mol. The summed E-state index contributed by atoms with van der Waals surface area (Å²) in [5, 5.41) is 0. The summed E-state index contributed by atoms with van der Waals surface area (Å²) in [6, 6.07) is 5.23.